The third-order valence-electron chi connectivity index (χ3n) is 5.92. The molecular formula is C23H26N2O2S. The molecule has 1 amide bonds. The molecule has 4 nitrogen and oxygen atoms in total. The summed E-state index contributed by atoms with van der Waals surface area (Å²) < 4.78 is 12.1. The van der Waals surface area contributed by atoms with Crippen molar-refractivity contribution in [3.8, 4) is 11.1 Å². The number of aryl methyl sites for hydroxylation is 1. The molecule has 1 aromatic heterocycles. The number of benzene rings is 2. The largest absolute Gasteiger partial charge is 0.366 e. The van der Waals surface area contributed by atoms with Crippen molar-refractivity contribution < 1.29 is 9.00 Å². The van der Waals surface area contributed by atoms with E-state index in [2.05, 4.69) is 56.1 Å². The van der Waals surface area contributed by atoms with E-state index in [1.54, 1.807) is 0 Å². The van der Waals surface area contributed by atoms with E-state index in [-0.39, 0.29) is 4.75 Å². The van der Waals surface area contributed by atoms with Crippen molar-refractivity contribution >= 4 is 27.6 Å². The number of aromatic amines is 1. The van der Waals surface area contributed by atoms with Gasteiger partial charge in [-0.25, -0.2) is 0 Å². The number of primary amides is 1. The first-order valence-corrected chi connectivity index (χ1v) is 11.0. The molecule has 2 unspecified atom stereocenters. The summed E-state index contributed by atoms with van der Waals surface area (Å²) in [4.78, 5) is 15.4. The molecule has 1 aliphatic heterocycles. The predicted molar refractivity (Wildman–Crippen MR) is 116 cm³/mol. The van der Waals surface area contributed by atoms with Crippen LogP contribution < -0.4 is 5.73 Å². The van der Waals surface area contributed by atoms with Gasteiger partial charge >= 0.3 is 0 Å². The van der Waals surface area contributed by atoms with Crippen LogP contribution in [-0.2, 0) is 10.8 Å². The van der Waals surface area contributed by atoms with Crippen LogP contribution in [0.15, 0.2) is 42.6 Å². The highest BCUT2D eigenvalue weighted by molar-refractivity contribution is 7.86. The van der Waals surface area contributed by atoms with E-state index in [0.717, 1.165) is 34.9 Å². The number of H-pyrrole nitrogens is 1. The van der Waals surface area contributed by atoms with Gasteiger partial charge in [-0.15, -0.1) is 0 Å². The van der Waals surface area contributed by atoms with Crippen LogP contribution in [0.1, 0.15) is 54.1 Å². The number of aromatic nitrogens is 1. The number of hydrogen-bond donors (Lipinski definition) is 2. The molecule has 0 saturated carbocycles. The Hall–Kier alpha value is -2.40. The fourth-order valence-electron chi connectivity index (χ4n) is 4.28. The zero-order valence-electron chi connectivity index (χ0n) is 16.5. The Labute approximate surface area is 168 Å². The molecule has 2 atom stereocenters. The highest BCUT2D eigenvalue weighted by Crippen LogP contribution is 2.41. The molecule has 3 N–H and O–H groups in total. The molecule has 2 heterocycles. The lowest BCUT2D eigenvalue weighted by atomic mass is 9.86. The number of carbonyl (C=O) groups excluding carboxylic acids is 1. The number of hydrogen-bond acceptors (Lipinski definition) is 2. The molecule has 1 fully saturated rings. The predicted octanol–water partition coefficient (Wildman–Crippen LogP) is 4.65. The topological polar surface area (TPSA) is 76.0 Å². The minimum atomic E-state index is -0.799. The van der Waals surface area contributed by atoms with Gasteiger partial charge in [0, 0.05) is 32.9 Å². The third-order valence-corrected chi connectivity index (χ3v) is 7.92. The average Bonchev–Trinajstić information content (AvgIpc) is 3.07. The van der Waals surface area contributed by atoms with E-state index >= 15 is 0 Å². The number of nitrogens with two attached hydrogens (primary N) is 1. The molecule has 28 heavy (non-hydrogen) atoms. The molecule has 3 aromatic rings. The highest BCUT2D eigenvalue weighted by Gasteiger charge is 2.36. The fraction of sp³-hybridized carbons (Fsp3) is 0.348. The van der Waals surface area contributed by atoms with E-state index in [1.165, 1.54) is 11.1 Å². The van der Waals surface area contributed by atoms with Gasteiger partial charge in [0.15, 0.2) is 0 Å². The Morgan fingerprint density at radius 3 is 2.54 bits per heavy atom. The number of amides is 1. The van der Waals surface area contributed by atoms with E-state index in [9.17, 15) is 9.00 Å². The lowest BCUT2D eigenvalue weighted by Crippen LogP contribution is -2.35. The molecule has 0 aliphatic carbocycles. The Kier molecular flexibility index (Phi) is 4.66. The highest BCUT2D eigenvalue weighted by atomic mass is 32.2. The lowest BCUT2D eigenvalue weighted by Gasteiger charge is -2.34. The van der Waals surface area contributed by atoms with Crippen molar-refractivity contribution in [1.29, 1.82) is 0 Å². The Balaban J connectivity index is 1.86. The SMILES string of the molecule is Cc1ccc(-c2cc(C(N)=O)c3[nH]cc(C4CCS(=O)C(C)(C)C4)c3c2)cc1. The van der Waals surface area contributed by atoms with Gasteiger partial charge in [0.2, 0.25) is 0 Å². The van der Waals surface area contributed by atoms with Gasteiger partial charge in [0.1, 0.15) is 0 Å². The third kappa shape index (κ3) is 3.28. The first kappa shape index (κ1) is 18.9. The van der Waals surface area contributed by atoms with Crippen molar-refractivity contribution in [3.05, 3.63) is 59.3 Å². The maximum Gasteiger partial charge on any atom is 0.250 e. The molecule has 0 bridgehead atoms. The van der Waals surface area contributed by atoms with E-state index < -0.39 is 16.7 Å². The fourth-order valence-corrected chi connectivity index (χ4v) is 5.72. The molecule has 4 rings (SSSR count). The molecule has 1 saturated heterocycles. The molecule has 0 spiro atoms. The Morgan fingerprint density at radius 1 is 1.18 bits per heavy atom. The van der Waals surface area contributed by atoms with Gasteiger partial charge in [0.05, 0.1) is 11.1 Å². The van der Waals surface area contributed by atoms with Crippen LogP contribution in [0.2, 0.25) is 0 Å². The van der Waals surface area contributed by atoms with Gasteiger partial charge in [-0.05, 0) is 68.4 Å². The first-order valence-electron chi connectivity index (χ1n) is 9.66. The number of carbonyl (C=O) groups is 1. The van der Waals surface area contributed by atoms with Crippen molar-refractivity contribution in [2.75, 3.05) is 5.75 Å². The summed E-state index contributed by atoms with van der Waals surface area (Å²) in [6, 6.07) is 12.3. The van der Waals surface area contributed by atoms with Crippen LogP contribution in [0.5, 0.6) is 0 Å². The number of nitrogens with one attached hydrogen (secondary N) is 1. The van der Waals surface area contributed by atoms with Crippen molar-refractivity contribution in [2.24, 2.45) is 5.73 Å². The second kappa shape index (κ2) is 6.89. The van der Waals surface area contributed by atoms with Crippen molar-refractivity contribution in [2.45, 2.75) is 44.3 Å². The molecule has 2 aromatic carbocycles. The van der Waals surface area contributed by atoms with Gasteiger partial charge in [-0.2, -0.15) is 0 Å². The summed E-state index contributed by atoms with van der Waals surface area (Å²) in [6.45, 7) is 6.22. The zero-order valence-corrected chi connectivity index (χ0v) is 17.4. The standard InChI is InChI=1S/C23H26N2O2S/c1-14-4-6-15(7-5-14)17-10-18-20(13-25-21(18)19(11-17)22(24)26)16-8-9-28(27)23(2,3)12-16/h4-7,10-11,13,16,25H,8-9,12H2,1-3H3,(H2,24,26). The van der Waals surface area contributed by atoms with Crippen molar-refractivity contribution in [1.82, 2.24) is 4.98 Å². The van der Waals surface area contributed by atoms with Crippen LogP contribution in [0.25, 0.3) is 22.0 Å². The molecule has 146 valence electrons. The summed E-state index contributed by atoms with van der Waals surface area (Å²) in [7, 11) is -0.799. The van der Waals surface area contributed by atoms with Gasteiger partial charge in [-0.1, -0.05) is 29.8 Å². The normalized spacial score (nSPS) is 21.7. The summed E-state index contributed by atoms with van der Waals surface area (Å²) in [5.41, 5.74) is 11.4. The number of rotatable bonds is 3. The van der Waals surface area contributed by atoms with Gasteiger partial charge in [-0.3, -0.25) is 9.00 Å². The average molecular weight is 395 g/mol. The van der Waals surface area contributed by atoms with Crippen LogP contribution >= 0.6 is 0 Å². The van der Waals surface area contributed by atoms with Crippen LogP contribution in [0, 0.1) is 6.92 Å². The lowest BCUT2D eigenvalue weighted by molar-refractivity contribution is 0.100. The van der Waals surface area contributed by atoms with Crippen LogP contribution in [0.4, 0.5) is 0 Å². The van der Waals surface area contributed by atoms with Crippen molar-refractivity contribution in [3.63, 3.8) is 0 Å². The number of fused-ring (bicyclic) bond motifs is 1. The molecule has 5 heteroatoms. The van der Waals surface area contributed by atoms with Crippen LogP contribution in [-0.4, -0.2) is 25.6 Å². The van der Waals surface area contributed by atoms with E-state index in [4.69, 9.17) is 5.73 Å². The summed E-state index contributed by atoms with van der Waals surface area (Å²) in [6.07, 6.45) is 3.77. The summed E-state index contributed by atoms with van der Waals surface area (Å²) in [5.74, 6) is 0.595. The van der Waals surface area contributed by atoms with Gasteiger partial charge in [0.25, 0.3) is 5.91 Å². The minimum absolute atomic E-state index is 0.201. The summed E-state index contributed by atoms with van der Waals surface area (Å²) >= 11 is 0. The van der Waals surface area contributed by atoms with E-state index in [0.29, 0.717) is 17.2 Å². The quantitative estimate of drug-likeness (QED) is 0.678. The maximum absolute atomic E-state index is 12.3. The molecule has 0 radical (unpaired) electrons. The molecule has 1 aliphatic rings. The zero-order chi connectivity index (χ0) is 20.1. The minimum Gasteiger partial charge on any atom is -0.366 e. The Bertz CT molecular complexity index is 1080. The second-order valence-corrected chi connectivity index (χ2v) is 10.6. The smallest absolute Gasteiger partial charge is 0.250 e. The second-order valence-electron chi connectivity index (χ2n) is 8.42. The Morgan fingerprint density at radius 2 is 1.89 bits per heavy atom. The molecular weight excluding hydrogens is 368 g/mol. The first-order chi connectivity index (χ1) is 13.3. The van der Waals surface area contributed by atoms with Gasteiger partial charge < -0.3 is 10.7 Å². The monoisotopic (exact) mass is 394 g/mol. The maximum atomic E-state index is 12.3. The van der Waals surface area contributed by atoms with E-state index in [1.807, 2.05) is 12.3 Å². The summed E-state index contributed by atoms with van der Waals surface area (Å²) in [5, 5.41) is 1.04. The van der Waals surface area contributed by atoms with Crippen LogP contribution in [0.3, 0.4) is 0 Å².